The molecule has 1 aromatic heterocycles. The third-order valence-corrected chi connectivity index (χ3v) is 4.19. The molecule has 0 aliphatic rings. The van der Waals surface area contributed by atoms with Crippen molar-refractivity contribution in [2.24, 2.45) is 0 Å². The van der Waals surface area contributed by atoms with Gasteiger partial charge in [0.2, 0.25) is 0 Å². The third-order valence-electron chi connectivity index (χ3n) is 4.19. The summed E-state index contributed by atoms with van der Waals surface area (Å²) in [6, 6.07) is 15.0. The molecule has 0 aliphatic heterocycles. The van der Waals surface area contributed by atoms with E-state index in [1.807, 2.05) is 48.0 Å². The standard InChI is InChI=1S/C20H21N3O2/c1-3-18-21-19(23(4-2)22-18)13-14-9-11-15(12-10-14)16-7-5-6-8-17(16)20(24)25/h5-12H,3-4,13H2,1-2H3,(H,24,25). The van der Waals surface area contributed by atoms with Crippen LogP contribution in [0.3, 0.4) is 0 Å². The van der Waals surface area contributed by atoms with Crippen molar-refractivity contribution in [1.82, 2.24) is 14.8 Å². The molecule has 0 atom stereocenters. The van der Waals surface area contributed by atoms with Crippen LogP contribution in [0.4, 0.5) is 0 Å². The van der Waals surface area contributed by atoms with Crippen LogP contribution in [0.25, 0.3) is 11.1 Å². The molecule has 2 aromatic carbocycles. The highest BCUT2D eigenvalue weighted by Gasteiger charge is 2.12. The van der Waals surface area contributed by atoms with Crippen LogP contribution in [0.2, 0.25) is 0 Å². The molecule has 1 heterocycles. The molecule has 5 nitrogen and oxygen atoms in total. The molecule has 1 N–H and O–H groups in total. The number of hydrogen-bond donors (Lipinski definition) is 1. The van der Waals surface area contributed by atoms with E-state index in [9.17, 15) is 9.90 Å². The van der Waals surface area contributed by atoms with Crippen LogP contribution >= 0.6 is 0 Å². The van der Waals surface area contributed by atoms with Crippen molar-refractivity contribution in [3.8, 4) is 11.1 Å². The third kappa shape index (κ3) is 3.60. The van der Waals surface area contributed by atoms with E-state index in [1.54, 1.807) is 12.1 Å². The van der Waals surface area contributed by atoms with Crippen molar-refractivity contribution in [3.63, 3.8) is 0 Å². The van der Waals surface area contributed by atoms with Gasteiger partial charge in [0, 0.05) is 19.4 Å². The molecule has 0 amide bonds. The van der Waals surface area contributed by atoms with E-state index in [1.165, 1.54) is 0 Å². The number of carboxylic acids is 1. The predicted octanol–water partition coefficient (Wildman–Crippen LogP) is 3.82. The zero-order valence-electron chi connectivity index (χ0n) is 14.4. The molecule has 128 valence electrons. The second kappa shape index (κ2) is 7.30. The normalized spacial score (nSPS) is 10.8. The number of rotatable bonds is 6. The van der Waals surface area contributed by atoms with E-state index in [-0.39, 0.29) is 0 Å². The van der Waals surface area contributed by atoms with Crippen LogP contribution in [0.15, 0.2) is 48.5 Å². The fourth-order valence-corrected chi connectivity index (χ4v) is 2.87. The number of nitrogens with zero attached hydrogens (tertiary/aromatic N) is 3. The van der Waals surface area contributed by atoms with Gasteiger partial charge in [0.25, 0.3) is 0 Å². The first-order chi connectivity index (χ1) is 12.1. The van der Waals surface area contributed by atoms with Crippen molar-refractivity contribution in [3.05, 3.63) is 71.3 Å². The van der Waals surface area contributed by atoms with Gasteiger partial charge < -0.3 is 5.11 Å². The van der Waals surface area contributed by atoms with Gasteiger partial charge in [-0.2, -0.15) is 5.10 Å². The molecule has 25 heavy (non-hydrogen) atoms. The highest BCUT2D eigenvalue weighted by Crippen LogP contribution is 2.24. The van der Waals surface area contributed by atoms with Crippen molar-refractivity contribution < 1.29 is 9.90 Å². The van der Waals surface area contributed by atoms with Gasteiger partial charge in [-0.05, 0) is 29.7 Å². The molecule has 3 aromatic rings. The summed E-state index contributed by atoms with van der Waals surface area (Å²) in [5.41, 5.74) is 3.06. The van der Waals surface area contributed by atoms with Crippen LogP contribution in [0.5, 0.6) is 0 Å². The van der Waals surface area contributed by atoms with Gasteiger partial charge >= 0.3 is 5.97 Å². The van der Waals surface area contributed by atoms with Crippen molar-refractivity contribution in [1.29, 1.82) is 0 Å². The molecular formula is C20H21N3O2. The van der Waals surface area contributed by atoms with Crippen LogP contribution in [-0.2, 0) is 19.4 Å². The van der Waals surface area contributed by atoms with Gasteiger partial charge in [-0.25, -0.2) is 14.5 Å². The lowest BCUT2D eigenvalue weighted by molar-refractivity contribution is 0.0697. The zero-order chi connectivity index (χ0) is 17.8. The van der Waals surface area contributed by atoms with Gasteiger partial charge in [0.1, 0.15) is 5.82 Å². The number of aromatic nitrogens is 3. The van der Waals surface area contributed by atoms with E-state index in [4.69, 9.17) is 0 Å². The predicted molar refractivity (Wildman–Crippen MR) is 96.7 cm³/mol. The first-order valence-electron chi connectivity index (χ1n) is 8.46. The Hall–Kier alpha value is -2.95. The molecule has 5 heteroatoms. The second-order valence-electron chi connectivity index (χ2n) is 5.84. The molecular weight excluding hydrogens is 314 g/mol. The van der Waals surface area contributed by atoms with Gasteiger partial charge in [0.05, 0.1) is 5.56 Å². The maximum absolute atomic E-state index is 11.4. The quantitative estimate of drug-likeness (QED) is 0.743. The molecule has 3 rings (SSSR count). The maximum Gasteiger partial charge on any atom is 0.336 e. The Morgan fingerprint density at radius 3 is 2.44 bits per heavy atom. The molecule has 0 saturated heterocycles. The molecule has 0 spiro atoms. The number of aromatic carboxylic acids is 1. The fourth-order valence-electron chi connectivity index (χ4n) is 2.87. The van der Waals surface area contributed by atoms with Crippen LogP contribution in [0, 0.1) is 0 Å². The lowest BCUT2D eigenvalue weighted by atomic mass is 9.98. The lowest BCUT2D eigenvalue weighted by Crippen LogP contribution is -2.04. The van der Waals surface area contributed by atoms with E-state index < -0.39 is 5.97 Å². The van der Waals surface area contributed by atoms with Gasteiger partial charge in [-0.1, -0.05) is 49.4 Å². The topological polar surface area (TPSA) is 68.0 Å². The number of benzene rings is 2. The van der Waals surface area contributed by atoms with Gasteiger partial charge in [-0.3, -0.25) is 0 Å². The Kier molecular flexibility index (Phi) is 4.93. The Morgan fingerprint density at radius 1 is 1.08 bits per heavy atom. The Balaban J connectivity index is 1.86. The summed E-state index contributed by atoms with van der Waals surface area (Å²) in [5, 5.41) is 13.8. The van der Waals surface area contributed by atoms with Crippen LogP contribution < -0.4 is 0 Å². The smallest absolute Gasteiger partial charge is 0.336 e. The SMILES string of the molecule is CCc1nc(Cc2ccc(-c3ccccc3C(=O)O)cc2)n(CC)n1. The van der Waals surface area contributed by atoms with Crippen LogP contribution in [-0.4, -0.2) is 25.8 Å². The molecule has 0 unspecified atom stereocenters. The van der Waals surface area contributed by atoms with Crippen molar-refractivity contribution in [2.45, 2.75) is 33.2 Å². The highest BCUT2D eigenvalue weighted by molar-refractivity contribution is 5.95. The minimum absolute atomic E-state index is 0.313. The van der Waals surface area contributed by atoms with E-state index in [2.05, 4.69) is 17.0 Å². The average molecular weight is 335 g/mol. The second-order valence-corrected chi connectivity index (χ2v) is 5.84. The van der Waals surface area contributed by atoms with E-state index in [0.29, 0.717) is 12.0 Å². The minimum atomic E-state index is -0.914. The lowest BCUT2D eigenvalue weighted by Gasteiger charge is -2.08. The summed E-state index contributed by atoms with van der Waals surface area (Å²) in [7, 11) is 0. The summed E-state index contributed by atoms with van der Waals surface area (Å²) in [6.45, 7) is 4.91. The molecule has 0 bridgehead atoms. The molecule has 0 radical (unpaired) electrons. The average Bonchev–Trinajstić information content (AvgIpc) is 3.04. The Bertz CT molecular complexity index is 882. The summed E-state index contributed by atoms with van der Waals surface area (Å²) >= 11 is 0. The Labute approximate surface area is 147 Å². The van der Waals surface area contributed by atoms with Crippen molar-refractivity contribution >= 4 is 5.97 Å². The van der Waals surface area contributed by atoms with Crippen LogP contribution in [0.1, 0.15) is 41.4 Å². The first kappa shape index (κ1) is 16.9. The number of aryl methyl sites for hydroxylation is 2. The van der Waals surface area contributed by atoms with Gasteiger partial charge in [0.15, 0.2) is 5.82 Å². The zero-order valence-corrected chi connectivity index (χ0v) is 14.4. The summed E-state index contributed by atoms with van der Waals surface area (Å²) in [4.78, 5) is 16.0. The van der Waals surface area contributed by atoms with E-state index in [0.717, 1.165) is 41.3 Å². The molecule has 0 saturated carbocycles. The summed E-state index contributed by atoms with van der Waals surface area (Å²) < 4.78 is 1.94. The highest BCUT2D eigenvalue weighted by atomic mass is 16.4. The summed E-state index contributed by atoms with van der Waals surface area (Å²) in [5.74, 6) is 0.907. The molecule has 0 aliphatic carbocycles. The number of carboxylic acid groups (broad SMARTS) is 1. The Morgan fingerprint density at radius 2 is 1.80 bits per heavy atom. The monoisotopic (exact) mass is 335 g/mol. The van der Waals surface area contributed by atoms with E-state index >= 15 is 0 Å². The maximum atomic E-state index is 11.4. The number of carbonyl (C=O) groups is 1. The van der Waals surface area contributed by atoms with Crippen molar-refractivity contribution in [2.75, 3.05) is 0 Å². The number of hydrogen-bond acceptors (Lipinski definition) is 3. The van der Waals surface area contributed by atoms with Gasteiger partial charge in [-0.15, -0.1) is 0 Å². The minimum Gasteiger partial charge on any atom is -0.478 e. The first-order valence-corrected chi connectivity index (χ1v) is 8.46. The molecule has 0 fully saturated rings. The largest absolute Gasteiger partial charge is 0.478 e. The summed E-state index contributed by atoms with van der Waals surface area (Å²) in [6.07, 6.45) is 1.53. The fraction of sp³-hybridized carbons (Fsp3) is 0.250.